The van der Waals surface area contributed by atoms with Crippen LogP contribution in [-0.4, -0.2) is 30.2 Å². The van der Waals surface area contributed by atoms with E-state index in [4.69, 9.17) is 0 Å². The van der Waals surface area contributed by atoms with Crippen LogP contribution in [0.4, 0.5) is 17.6 Å². The summed E-state index contributed by atoms with van der Waals surface area (Å²) in [6, 6.07) is 3.09. The van der Waals surface area contributed by atoms with Crippen LogP contribution in [0.25, 0.3) is 0 Å². The SMILES string of the molecule is CN(Cc1ccc(F)c(C(F)(F)F)c1)CC1(CO)CCC1. The molecule has 21 heavy (non-hydrogen) atoms. The molecular weight excluding hydrogens is 286 g/mol. The van der Waals surface area contributed by atoms with Crippen LogP contribution < -0.4 is 0 Å². The summed E-state index contributed by atoms with van der Waals surface area (Å²) in [5, 5.41) is 9.41. The molecule has 1 fully saturated rings. The van der Waals surface area contributed by atoms with Crippen LogP contribution in [0.5, 0.6) is 0 Å². The molecule has 0 bridgehead atoms. The molecule has 0 heterocycles. The molecule has 0 atom stereocenters. The Balaban J connectivity index is 2.06. The highest BCUT2D eigenvalue weighted by atomic mass is 19.4. The van der Waals surface area contributed by atoms with Crippen molar-refractivity contribution >= 4 is 0 Å². The Morgan fingerprint density at radius 3 is 2.43 bits per heavy atom. The molecule has 0 aliphatic heterocycles. The summed E-state index contributed by atoms with van der Waals surface area (Å²) < 4.78 is 51.2. The predicted molar refractivity (Wildman–Crippen MR) is 71.1 cm³/mol. The smallest absolute Gasteiger partial charge is 0.396 e. The number of aliphatic hydroxyl groups excluding tert-OH is 1. The first-order chi connectivity index (χ1) is 9.76. The number of nitrogens with zero attached hydrogens (tertiary/aromatic N) is 1. The first-order valence-corrected chi connectivity index (χ1v) is 6.91. The average Bonchev–Trinajstić information content (AvgIpc) is 2.35. The minimum atomic E-state index is -4.68. The fraction of sp³-hybridized carbons (Fsp3) is 0.600. The molecule has 1 aliphatic carbocycles. The van der Waals surface area contributed by atoms with Crippen molar-refractivity contribution in [2.24, 2.45) is 5.41 Å². The molecule has 6 heteroatoms. The van der Waals surface area contributed by atoms with E-state index in [0.717, 1.165) is 31.4 Å². The largest absolute Gasteiger partial charge is 0.419 e. The molecule has 2 nitrogen and oxygen atoms in total. The lowest BCUT2D eigenvalue weighted by Crippen LogP contribution is -2.43. The summed E-state index contributed by atoms with van der Waals surface area (Å²) in [5.41, 5.74) is -0.936. The van der Waals surface area contributed by atoms with Gasteiger partial charge in [0.25, 0.3) is 0 Å². The lowest BCUT2D eigenvalue weighted by Gasteiger charge is -2.43. The van der Waals surface area contributed by atoms with E-state index in [9.17, 15) is 22.7 Å². The summed E-state index contributed by atoms with van der Waals surface area (Å²) in [6.45, 7) is 1.02. The van der Waals surface area contributed by atoms with Gasteiger partial charge >= 0.3 is 6.18 Å². The zero-order chi connectivity index (χ0) is 15.7. The van der Waals surface area contributed by atoms with E-state index in [-0.39, 0.29) is 12.0 Å². The highest BCUT2D eigenvalue weighted by molar-refractivity contribution is 5.27. The van der Waals surface area contributed by atoms with Crippen LogP contribution in [-0.2, 0) is 12.7 Å². The monoisotopic (exact) mass is 305 g/mol. The molecule has 1 saturated carbocycles. The van der Waals surface area contributed by atoms with Gasteiger partial charge in [0.15, 0.2) is 0 Å². The molecule has 1 aromatic rings. The van der Waals surface area contributed by atoms with E-state index in [1.807, 2.05) is 4.90 Å². The second kappa shape index (κ2) is 5.93. The molecule has 1 N–H and O–H groups in total. The van der Waals surface area contributed by atoms with Crippen molar-refractivity contribution in [2.75, 3.05) is 20.2 Å². The average molecular weight is 305 g/mol. The Morgan fingerprint density at radius 1 is 1.29 bits per heavy atom. The summed E-state index contributed by atoms with van der Waals surface area (Å²) in [7, 11) is 1.80. The normalized spacial score (nSPS) is 17.9. The van der Waals surface area contributed by atoms with Gasteiger partial charge in [-0.25, -0.2) is 4.39 Å². The lowest BCUT2D eigenvalue weighted by atomic mass is 9.69. The van der Waals surface area contributed by atoms with Crippen LogP contribution in [0.15, 0.2) is 18.2 Å². The number of aliphatic hydroxyl groups is 1. The fourth-order valence-electron chi connectivity index (χ4n) is 2.87. The molecule has 118 valence electrons. The summed E-state index contributed by atoms with van der Waals surface area (Å²) in [6.07, 6.45) is -1.74. The number of hydrogen-bond acceptors (Lipinski definition) is 2. The van der Waals surface area contributed by atoms with Gasteiger partial charge < -0.3 is 10.0 Å². The fourth-order valence-corrected chi connectivity index (χ4v) is 2.87. The van der Waals surface area contributed by atoms with Gasteiger partial charge in [0.05, 0.1) is 5.56 Å². The Hall–Kier alpha value is -1.14. The van der Waals surface area contributed by atoms with Gasteiger partial charge in [-0.3, -0.25) is 0 Å². The maximum Gasteiger partial charge on any atom is 0.419 e. The van der Waals surface area contributed by atoms with E-state index < -0.39 is 17.6 Å². The molecule has 2 rings (SSSR count). The molecule has 0 saturated heterocycles. The molecule has 0 unspecified atom stereocenters. The lowest BCUT2D eigenvalue weighted by molar-refractivity contribution is -0.140. The van der Waals surface area contributed by atoms with Crippen molar-refractivity contribution in [3.05, 3.63) is 35.1 Å². The van der Waals surface area contributed by atoms with Crippen molar-refractivity contribution in [3.8, 4) is 0 Å². The van der Waals surface area contributed by atoms with Crippen molar-refractivity contribution in [3.63, 3.8) is 0 Å². The third kappa shape index (κ3) is 3.74. The Morgan fingerprint density at radius 2 is 1.95 bits per heavy atom. The summed E-state index contributed by atoms with van der Waals surface area (Å²) in [4.78, 5) is 1.88. The van der Waals surface area contributed by atoms with Crippen molar-refractivity contribution < 1.29 is 22.7 Å². The first kappa shape index (κ1) is 16.2. The standard InChI is InChI=1S/C15H19F4NO/c1-20(9-14(10-21)5-2-6-14)8-11-3-4-13(16)12(7-11)15(17,18)19/h3-4,7,21H,2,5-6,8-10H2,1H3. The second-order valence-electron chi connectivity index (χ2n) is 6.00. The highest BCUT2D eigenvalue weighted by Gasteiger charge is 2.37. The van der Waals surface area contributed by atoms with Gasteiger partial charge in [-0.15, -0.1) is 0 Å². The van der Waals surface area contributed by atoms with E-state index in [1.54, 1.807) is 7.05 Å². The maximum atomic E-state index is 13.2. The van der Waals surface area contributed by atoms with E-state index in [1.165, 1.54) is 6.07 Å². The molecule has 0 spiro atoms. The maximum absolute atomic E-state index is 13.2. The van der Waals surface area contributed by atoms with Gasteiger partial charge in [-0.1, -0.05) is 12.5 Å². The van der Waals surface area contributed by atoms with Gasteiger partial charge in [0.1, 0.15) is 5.82 Å². The summed E-state index contributed by atoms with van der Waals surface area (Å²) >= 11 is 0. The molecular formula is C15H19F4NO. The topological polar surface area (TPSA) is 23.5 Å². The number of rotatable bonds is 5. The van der Waals surface area contributed by atoms with E-state index in [2.05, 4.69) is 0 Å². The number of alkyl halides is 3. The zero-order valence-electron chi connectivity index (χ0n) is 11.9. The number of hydrogen-bond donors (Lipinski definition) is 1. The highest BCUT2D eigenvalue weighted by Crippen LogP contribution is 2.41. The third-order valence-corrected chi connectivity index (χ3v) is 4.14. The molecule has 1 aliphatic rings. The van der Waals surface area contributed by atoms with Crippen LogP contribution >= 0.6 is 0 Å². The van der Waals surface area contributed by atoms with Crippen molar-refractivity contribution in [1.82, 2.24) is 4.90 Å². The zero-order valence-corrected chi connectivity index (χ0v) is 11.9. The van der Waals surface area contributed by atoms with Crippen LogP contribution in [0.2, 0.25) is 0 Å². The Labute approximate surface area is 121 Å². The molecule has 0 aromatic heterocycles. The van der Waals surface area contributed by atoms with Crippen molar-refractivity contribution in [2.45, 2.75) is 32.0 Å². The minimum absolute atomic E-state index is 0.0918. The van der Waals surface area contributed by atoms with Gasteiger partial charge in [-0.2, -0.15) is 13.2 Å². The van der Waals surface area contributed by atoms with E-state index >= 15 is 0 Å². The first-order valence-electron chi connectivity index (χ1n) is 6.91. The van der Waals surface area contributed by atoms with E-state index in [0.29, 0.717) is 18.7 Å². The molecule has 0 amide bonds. The number of benzene rings is 1. The van der Waals surface area contributed by atoms with Gasteiger partial charge in [-0.05, 0) is 37.6 Å². The van der Waals surface area contributed by atoms with Gasteiger partial charge in [0.2, 0.25) is 0 Å². The van der Waals surface area contributed by atoms with Crippen LogP contribution in [0, 0.1) is 11.2 Å². The van der Waals surface area contributed by atoms with Crippen molar-refractivity contribution in [1.29, 1.82) is 0 Å². The predicted octanol–water partition coefficient (Wildman–Crippen LogP) is 3.44. The second-order valence-corrected chi connectivity index (χ2v) is 6.00. The summed E-state index contributed by atoms with van der Waals surface area (Å²) in [5.74, 6) is -1.25. The van der Waals surface area contributed by atoms with Crippen LogP contribution in [0.3, 0.4) is 0 Å². The third-order valence-electron chi connectivity index (χ3n) is 4.14. The molecule has 1 aromatic carbocycles. The Kier molecular flexibility index (Phi) is 4.58. The minimum Gasteiger partial charge on any atom is -0.396 e. The number of halogens is 4. The van der Waals surface area contributed by atoms with Crippen LogP contribution in [0.1, 0.15) is 30.4 Å². The quantitative estimate of drug-likeness (QED) is 0.842. The Bertz CT molecular complexity index is 491. The van der Waals surface area contributed by atoms with Gasteiger partial charge in [0, 0.05) is 25.1 Å². The molecule has 0 radical (unpaired) electrons.